The number of ether oxygens (including phenoxy) is 1. The van der Waals surface area contributed by atoms with Gasteiger partial charge in [-0.3, -0.25) is 4.99 Å². The van der Waals surface area contributed by atoms with Crippen LogP contribution in [0.3, 0.4) is 0 Å². The molecule has 0 radical (unpaired) electrons. The van der Waals surface area contributed by atoms with Crippen LogP contribution in [0, 0.1) is 6.92 Å². The summed E-state index contributed by atoms with van der Waals surface area (Å²) in [5.41, 5.74) is 2.22. The molecule has 0 saturated heterocycles. The van der Waals surface area contributed by atoms with Crippen molar-refractivity contribution < 1.29 is 4.74 Å². The highest BCUT2D eigenvalue weighted by Crippen LogP contribution is 2.27. The molecule has 0 aliphatic rings. The topological polar surface area (TPSA) is 58.5 Å². The average Bonchev–Trinajstić information content (AvgIpc) is 2.96. The number of nitrogens with zero attached hydrogens (tertiary/aromatic N) is 2. The molecule has 0 aliphatic carbocycles. The molecule has 2 N–H and O–H groups in total. The van der Waals surface area contributed by atoms with Crippen LogP contribution in [0.25, 0.3) is 10.6 Å². The van der Waals surface area contributed by atoms with Crippen LogP contribution >= 0.6 is 11.3 Å². The number of aromatic nitrogens is 1. The van der Waals surface area contributed by atoms with Crippen LogP contribution in [0.1, 0.15) is 17.5 Å². The lowest BCUT2D eigenvalue weighted by molar-refractivity contribution is 0.152. The van der Waals surface area contributed by atoms with E-state index in [1.54, 1.807) is 18.4 Å². The van der Waals surface area contributed by atoms with Crippen molar-refractivity contribution >= 4 is 17.3 Å². The van der Waals surface area contributed by atoms with Crippen molar-refractivity contribution in [2.45, 2.75) is 20.4 Å². The van der Waals surface area contributed by atoms with E-state index >= 15 is 0 Å². The number of guanidine groups is 1. The van der Waals surface area contributed by atoms with Gasteiger partial charge in [-0.25, -0.2) is 4.98 Å². The molecule has 124 valence electrons. The molecule has 0 atom stereocenters. The Morgan fingerprint density at radius 2 is 2.04 bits per heavy atom. The first-order valence-electron chi connectivity index (χ1n) is 7.78. The molecule has 6 heteroatoms. The molecule has 0 amide bonds. The van der Waals surface area contributed by atoms with Crippen LogP contribution in [0.5, 0.6) is 0 Å². The van der Waals surface area contributed by atoms with Crippen molar-refractivity contribution in [1.29, 1.82) is 0 Å². The summed E-state index contributed by atoms with van der Waals surface area (Å²) in [5.74, 6) is 0.777. The van der Waals surface area contributed by atoms with E-state index in [-0.39, 0.29) is 0 Å². The van der Waals surface area contributed by atoms with Gasteiger partial charge in [0.05, 0.1) is 18.8 Å². The summed E-state index contributed by atoms with van der Waals surface area (Å²) in [6.07, 6.45) is 0. The minimum absolute atomic E-state index is 0.676. The lowest BCUT2D eigenvalue weighted by atomic mass is 10.2. The van der Waals surface area contributed by atoms with Gasteiger partial charge < -0.3 is 15.4 Å². The van der Waals surface area contributed by atoms with Crippen molar-refractivity contribution in [3.63, 3.8) is 0 Å². The molecule has 23 heavy (non-hydrogen) atoms. The van der Waals surface area contributed by atoms with E-state index < -0.39 is 0 Å². The highest BCUT2D eigenvalue weighted by molar-refractivity contribution is 7.15. The van der Waals surface area contributed by atoms with Crippen LogP contribution in [0.15, 0.2) is 35.3 Å². The van der Waals surface area contributed by atoms with E-state index in [1.165, 1.54) is 4.88 Å². The Hall–Kier alpha value is -1.92. The summed E-state index contributed by atoms with van der Waals surface area (Å²) < 4.78 is 5.31. The maximum absolute atomic E-state index is 5.31. The first-order valence-corrected chi connectivity index (χ1v) is 8.60. The van der Waals surface area contributed by atoms with Gasteiger partial charge in [-0.1, -0.05) is 30.3 Å². The van der Waals surface area contributed by atoms with Crippen molar-refractivity contribution in [2.24, 2.45) is 4.99 Å². The second kappa shape index (κ2) is 9.27. The van der Waals surface area contributed by atoms with Crippen molar-refractivity contribution in [3.8, 4) is 10.6 Å². The number of hydrogen-bond donors (Lipinski definition) is 2. The van der Waals surface area contributed by atoms with E-state index in [9.17, 15) is 0 Å². The van der Waals surface area contributed by atoms with Gasteiger partial charge >= 0.3 is 0 Å². The van der Waals surface area contributed by atoms with Crippen molar-refractivity contribution in [2.75, 3.05) is 26.8 Å². The predicted molar refractivity (Wildman–Crippen MR) is 97.0 cm³/mol. The Bertz CT molecular complexity index is 625. The molecule has 0 unspecified atom stereocenters. The average molecular weight is 332 g/mol. The summed E-state index contributed by atoms with van der Waals surface area (Å²) in [6.45, 7) is 6.90. The van der Waals surface area contributed by atoms with Crippen LogP contribution < -0.4 is 10.6 Å². The summed E-state index contributed by atoms with van der Waals surface area (Å²) in [5, 5.41) is 7.61. The molecule has 0 saturated carbocycles. The Balaban J connectivity index is 1.91. The number of hydrogen-bond acceptors (Lipinski definition) is 4. The molecule has 0 aliphatic heterocycles. The number of benzene rings is 1. The maximum atomic E-state index is 5.31. The third-order valence-electron chi connectivity index (χ3n) is 3.30. The van der Waals surface area contributed by atoms with E-state index in [2.05, 4.69) is 32.7 Å². The van der Waals surface area contributed by atoms with E-state index in [4.69, 9.17) is 4.74 Å². The minimum atomic E-state index is 0.676. The predicted octanol–water partition coefficient (Wildman–Crippen LogP) is 2.82. The Kier molecular flexibility index (Phi) is 7.03. The van der Waals surface area contributed by atoms with Crippen LogP contribution in [-0.2, 0) is 11.3 Å². The van der Waals surface area contributed by atoms with E-state index in [0.29, 0.717) is 13.2 Å². The Morgan fingerprint density at radius 3 is 2.74 bits per heavy atom. The first kappa shape index (κ1) is 17.4. The van der Waals surface area contributed by atoms with Gasteiger partial charge in [0, 0.05) is 30.6 Å². The Morgan fingerprint density at radius 1 is 1.26 bits per heavy atom. The first-order chi connectivity index (χ1) is 11.2. The SMILES string of the molecule is CCOCCNC(=NC)NCc1sc(-c2ccccc2)nc1C. The van der Waals surface area contributed by atoms with Crippen molar-refractivity contribution in [1.82, 2.24) is 15.6 Å². The summed E-state index contributed by atoms with van der Waals surface area (Å²) >= 11 is 1.72. The summed E-state index contributed by atoms with van der Waals surface area (Å²) in [7, 11) is 1.77. The second-order valence-electron chi connectivity index (χ2n) is 4.94. The lowest BCUT2D eigenvalue weighted by Crippen LogP contribution is -2.38. The Labute approximate surface area is 141 Å². The van der Waals surface area contributed by atoms with Crippen molar-refractivity contribution in [3.05, 3.63) is 40.9 Å². The zero-order chi connectivity index (χ0) is 16.5. The third-order valence-corrected chi connectivity index (χ3v) is 4.50. The van der Waals surface area contributed by atoms with E-state index in [1.807, 2.05) is 32.0 Å². The number of nitrogens with one attached hydrogen (secondary N) is 2. The number of rotatable bonds is 7. The molecule has 1 heterocycles. The highest BCUT2D eigenvalue weighted by Gasteiger charge is 2.09. The quantitative estimate of drug-likeness (QED) is 0.465. The van der Waals surface area contributed by atoms with Crippen LogP contribution in [0.4, 0.5) is 0 Å². The lowest BCUT2D eigenvalue weighted by Gasteiger charge is -2.11. The van der Waals surface area contributed by atoms with Crippen LogP contribution in [0.2, 0.25) is 0 Å². The zero-order valence-corrected chi connectivity index (χ0v) is 14.7. The van der Waals surface area contributed by atoms with Gasteiger partial charge in [-0.05, 0) is 13.8 Å². The zero-order valence-electron chi connectivity index (χ0n) is 13.9. The molecule has 2 rings (SSSR count). The van der Waals surface area contributed by atoms with Gasteiger partial charge in [0.2, 0.25) is 0 Å². The van der Waals surface area contributed by atoms with Gasteiger partial charge in [0.25, 0.3) is 0 Å². The molecular formula is C17H24N4OS. The van der Waals surface area contributed by atoms with Gasteiger partial charge in [-0.15, -0.1) is 11.3 Å². The molecule has 0 bridgehead atoms. The van der Waals surface area contributed by atoms with Gasteiger partial charge in [0.1, 0.15) is 5.01 Å². The normalized spacial score (nSPS) is 11.5. The standard InChI is InChI=1S/C17H24N4OS/c1-4-22-11-10-19-17(18-3)20-12-15-13(2)21-16(23-15)14-8-6-5-7-9-14/h5-9H,4,10-12H2,1-3H3,(H2,18,19,20). The molecule has 5 nitrogen and oxygen atoms in total. The highest BCUT2D eigenvalue weighted by atomic mass is 32.1. The largest absolute Gasteiger partial charge is 0.380 e. The fraction of sp³-hybridized carbons (Fsp3) is 0.412. The molecule has 1 aromatic heterocycles. The smallest absolute Gasteiger partial charge is 0.191 e. The van der Waals surface area contributed by atoms with Gasteiger partial charge in [0.15, 0.2) is 5.96 Å². The number of aryl methyl sites for hydroxylation is 1. The molecule has 0 fully saturated rings. The van der Waals surface area contributed by atoms with Crippen LogP contribution in [-0.4, -0.2) is 37.7 Å². The fourth-order valence-electron chi connectivity index (χ4n) is 2.07. The van der Waals surface area contributed by atoms with Gasteiger partial charge in [-0.2, -0.15) is 0 Å². The summed E-state index contributed by atoms with van der Waals surface area (Å²) in [4.78, 5) is 10.1. The molecule has 0 spiro atoms. The number of aliphatic imine (C=N–C) groups is 1. The monoisotopic (exact) mass is 332 g/mol. The molecule has 1 aromatic carbocycles. The van der Waals surface area contributed by atoms with E-state index in [0.717, 1.165) is 35.4 Å². The third kappa shape index (κ3) is 5.33. The fourth-order valence-corrected chi connectivity index (χ4v) is 3.07. The maximum Gasteiger partial charge on any atom is 0.191 e. The number of thiazole rings is 1. The molecule has 2 aromatic rings. The second-order valence-corrected chi connectivity index (χ2v) is 6.03. The minimum Gasteiger partial charge on any atom is -0.380 e. The molecular weight excluding hydrogens is 308 g/mol. The summed E-state index contributed by atoms with van der Waals surface area (Å²) in [6, 6.07) is 10.3.